The van der Waals surface area contributed by atoms with Gasteiger partial charge in [-0.3, -0.25) is 4.90 Å². The van der Waals surface area contributed by atoms with Gasteiger partial charge in [-0.25, -0.2) is 0 Å². The molecule has 1 heterocycles. The van der Waals surface area contributed by atoms with Crippen LogP contribution in [0.3, 0.4) is 0 Å². The molecule has 2 rings (SSSR count). The summed E-state index contributed by atoms with van der Waals surface area (Å²) in [5, 5.41) is 0. The van der Waals surface area contributed by atoms with Crippen molar-refractivity contribution in [1.82, 2.24) is 4.90 Å². The third-order valence-corrected chi connectivity index (χ3v) is 4.61. The molecular formula is C14H17BrN2S. The van der Waals surface area contributed by atoms with Crippen LogP contribution in [0.5, 0.6) is 0 Å². The molecule has 0 spiro atoms. The fraction of sp³-hybridized carbons (Fsp3) is 0.286. The van der Waals surface area contributed by atoms with Gasteiger partial charge in [0.2, 0.25) is 0 Å². The third kappa shape index (κ3) is 3.65. The first-order valence-electron chi connectivity index (χ1n) is 5.88. The summed E-state index contributed by atoms with van der Waals surface area (Å²) >= 11 is 5.38. The van der Waals surface area contributed by atoms with Crippen LogP contribution in [-0.4, -0.2) is 11.9 Å². The van der Waals surface area contributed by atoms with Crippen LogP contribution in [0, 0.1) is 0 Å². The van der Waals surface area contributed by atoms with E-state index in [2.05, 4.69) is 58.2 Å². The van der Waals surface area contributed by atoms with E-state index in [0.29, 0.717) is 6.54 Å². The molecule has 96 valence electrons. The van der Waals surface area contributed by atoms with Crippen molar-refractivity contribution in [3.8, 4) is 0 Å². The molecule has 0 atom stereocenters. The van der Waals surface area contributed by atoms with E-state index >= 15 is 0 Å². The van der Waals surface area contributed by atoms with Gasteiger partial charge in [-0.1, -0.05) is 34.1 Å². The maximum atomic E-state index is 5.63. The van der Waals surface area contributed by atoms with Gasteiger partial charge in [-0.05, 0) is 30.8 Å². The zero-order valence-electron chi connectivity index (χ0n) is 10.4. The van der Waals surface area contributed by atoms with Crippen molar-refractivity contribution in [1.29, 1.82) is 0 Å². The zero-order chi connectivity index (χ0) is 13.0. The second-order valence-electron chi connectivity index (χ2n) is 4.34. The van der Waals surface area contributed by atoms with Gasteiger partial charge in [-0.15, -0.1) is 11.3 Å². The Balaban J connectivity index is 1.96. The molecule has 2 aromatic rings. The topological polar surface area (TPSA) is 29.3 Å². The first kappa shape index (κ1) is 13.7. The van der Waals surface area contributed by atoms with Crippen LogP contribution in [-0.2, 0) is 19.6 Å². The van der Waals surface area contributed by atoms with E-state index in [4.69, 9.17) is 5.73 Å². The SMILES string of the molecule is CN(Cc1ccc(CN)s1)Cc1ccccc1Br. The Morgan fingerprint density at radius 1 is 1.11 bits per heavy atom. The fourth-order valence-corrected chi connectivity index (χ4v) is 3.24. The molecule has 0 aliphatic rings. The molecule has 0 aliphatic carbocycles. The molecule has 18 heavy (non-hydrogen) atoms. The minimum atomic E-state index is 0.638. The number of nitrogens with zero attached hydrogens (tertiary/aromatic N) is 1. The second kappa shape index (κ2) is 6.48. The Labute approximate surface area is 121 Å². The molecule has 0 amide bonds. The molecule has 0 unspecified atom stereocenters. The number of nitrogens with two attached hydrogens (primary N) is 1. The van der Waals surface area contributed by atoms with E-state index in [0.717, 1.165) is 13.1 Å². The lowest BCUT2D eigenvalue weighted by Crippen LogP contribution is -2.16. The van der Waals surface area contributed by atoms with Gasteiger partial charge < -0.3 is 5.73 Å². The molecule has 1 aromatic carbocycles. The highest BCUT2D eigenvalue weighted by Gasteiger charge is 2.06. The standard InChI is InChI=1S/C14H17BrN2S/c1-17(9-11-4-2-3-5-14(11)15)10-13-7-6-12(8-16)18-13/h2-7H,8-10,16H2,1H3. The van der Waals surface area contributed by atoms with Gasteiger partial charge in [-0.2, -0.15) is 0 Å². The quantitative estimate of drug-likeness (QED) is 0.910. The van der Waals surface area contributed by atoms with Crippen molar-refractivity contribution in [2.24, 2.45) is 5.73 Å². The zero-order valence-corrected chi connectivity index (χ0v) is 12.8. The minimum absolute atomic E-state index is 0.638. The number of hydrogen-bond acceptors (Lipinski definition) is 3. The van der Waals surface area contributed by atoms with Crippen LogP contribution in [0.2, 0.25) is 0 Å². The number of halogens is 1. The first-order chi connectivity index (χ1) is 8.69. The smallest absolute Gasteiger partial charge is 0.0328 e. The predicted octanol–water partition coefficient (Wildman–Crippen LogP) is 3.60. The molecule has 2 N–H and O–H groups in total. The summed E-state index contributed by atoms with van der Waals surface area (Å²) in [6.07, 6.45) is 0. The van der Waals surface area contributed by atoms with E-state index in [-0.39, 0.29) is 0 Å². The second-order valence-corrected chi connectivity index (χ2v) is 6.44. The Morgan fingerprint density at radius 2 is 1.83 bits per heavy atom. The summed E-state index contributed by atoms with van der Waals surface area (Å²) in [6.45, 7) is 2.54. The van der Waals surface area contributed by atoms with E-state index < -0.39 is 0 Å². The van der Waals surface area contributed by atoms with Crippen LogP contribution in [0.25, 0.3) is 0 Å². The molecule has 0 radical (unpaired) electrons. The van der Waals surface area contributed by atoms with Crippen LogP contribution < -0.4 is 5.73 Å². The highest BCUT2D eigenvalue weighted by Crippen LogP contribution is 2.20. The van der Waals surface area contributed by atoms with E-state index in [1.807, 2.05) is 6.07 Å². The maximum absolute atomic E-state index is 5.63. The molecule has 0 saturated carbocycles. The molecular weight excluding hydrogens is 308 g/mol. The van der Waals surface area contributed by atoms with Gasteiger partial charge >= 0.3 is 0 Å². The summed E-state index contributed by atoms with van der Waals surface area (Å²) in [7, 11) is 2.14. The van der Waals surface area contributed by atoms with Crippen molar-refractivity contribution >= 4 is 27.3 Å². The van der Waals surface area contributed by atoms with E-state index in [1.54, 1.807) is 11.3 Å². The van der Waals surface area contributed by atoms with Crippen LogP contribution in [0.1, 0.15) is 15.3 Å². The van der Waals surface area contributed by atoms with Crippen molar-refractivity contribution < 1.29 is 0 Å². The maximum Gasteiger partial charge on any atom is 0.0328 e. The molecule has 4 heteroatoms. The summed E-state index contributed by atoms with van der Waals surface area (Å²) < 4.78 is 1.17. The van der Waals surface area contributed by atoms with Crippen molar-refractivity contribution in [3.63, 3.8) is 0 Å². The third-order valence-electron chi connectivity index (χ3n) is 2.74. The highest BCUT2D eigenvalue weighted by molar-refractivity contribution is 9.10. The summed E-state index contributed by atoms with van der Waals surface area (Å²) in [6, 6.07) is 12.6. The molecule has 2 nitrogen and oxygen atoms in total. The average Bonchev–Trinajstić information content (AvgIpc) is 2.80. The summed E-state index contributed by atoms with van der Waals surface area (Å²) in [4.78, 5) is 4.93. The number of hydrogen-bond donors (Lipinski definition) is 1. The molecule has 0 saturated heterocycles. The molecule has 1 aromatic heterocycles. The van der Waals surface area contributed by atoms with Crippen LogP contribution in [0.4, 0.5) is 0 Å². The Morgan fingerprint density at radius 3 is 2.50 bits per heavy atom. The largest absolute Gasteiger partial charge is 0.326 e. The Kier molecular flexibility index (Phi) is 4.95. The Hall–Kier alpha value is -0.680. The average molecular weight is 325 g/mol. The normalized spacial score (nSPS) is 11.1. The highest BCUT2D eigenvalue weighted by atomic mass is 79.9. The summed E-state index contributed by atoms with van der Waals surface area (Å²) in [5.41, 5.74) is 6.94. The minimum Gasteiger partial charge on any atom is -0.326 e. The van der Waals surface area contributed by atoms with E-state index in [9.17, 15) is 0 Å². The van der Waals surface area contributed by atoms with E-state index in [1.165, 1.54) is 19.8 Å². The van der Waals surface area contributed by atoms with Crippen molar-refractivity contribution in [2.75, 3.05) is 7.05 Å². The predicted molar refractivity (Wildman–Crippen MR) is 81.5 cm³/mol. The lowest BCUT2D eigenvalue weighted by Gasteiger charge is -2.16. The van der Waals surface area contributed by atoms with Crippen LogP contribution in [0.15, 0.2) is 40.9 Å². The van der Waals surface area contributed by atoms with Crippen molar-refractivity contribution in [3.05, 3.63) is 56.2 Å². The first-order valence-corrected chi connectivity index (χ1v) is 7.49. The summed E-state index contributed by atoms with van der Waals surface area (Å²) in [5.74, 6) is 0. The van der Waals surface area contributed by atoms with Gasteiger partial charge in [0.15, 0.2) is 0 Å². The van der Waals surface area contributed by atoms with Crippen LogP contribution >= 0.6 is 27.3 Å². The number of rotatable bonds is 5. The van der Waals surface area contributed by atoms with Gasteiger partial charge in [0, 0.05) is 33.9 Å². The number of benzene rings is 1. The molecule has 0 bridgehead atoms. The lowest BCUT2D eigenvalue weighted by atomic mass is 10.2. The Bertz CT molecular complexity index is 510. The lowest BCUT2D eigenvalue weighted by molar-refractivity contribution is 0.321. The molecule has 0 fully saturated rings. The van der Waals surface area contributed by atoms with Gasteiger partial charge in [0.1, 0.15) is 0 Å². The monoisotopic (exact) mass is 324 g/mol. The van der Waals surface area contributed by atoms with Gasteiger partial charge in [0.05, 0.1) is 0 Å². The van der Waals surface area contributed by atoms with Crippen molar-refractivity contribution in [2.45, 2.75) is 19.6 Å². The molecule has 0 aliphatic heterocycles. The van der Waals surface area contributed by atoms with Gasteiger partial charge in [0.25, 0.3) is 0 Å². The fourth-order valence-electron chi connectivity index (χ4n) is 1.86. The number of thiophene rings is 1.